The number of hydrogen-bond acceptors (Lipinski definition) is 3. The van der Waals surface area contributed by atoms with Gasteiger partial charge >= 0.3 is 0 Å². The largest absolute Gasteiger partial charge is 0.354 e. The van der Waals surface area contributed by atoms with Crippen molar-refractivity contribution in [3.05, 3.63) is 89.5 Å². The molecule has 0 radical (unpaired) electrons. The summed E-state index contributed by atoms with van der Waals surface area (Å²) in [6.07, 6.45) is 1.61. The fraction of sp³-hybridized carbons (Fsp3) is 0.182. The maximum Gasteiger partial charge on any atom is 0.270 e. The first-order valence-electron chi connectivity index (χ1n) is 8.87. The van der Waals surface area contributed by atoms with Crippen molar-refractivity contribution in [3.63, 3.8) is 0 Å². The number of carbonyl (C=O) groups excluding carboxylic acids is 1. The summed E-state index contributed by atoms with van der Waals surface area (Å²) < 4.78 is 13.6. The number of halogens is 1. The number of nitrogens with one attached hydrogen (secondary N) is 2. The molecule has 0 saturated heterocycles. The molecule has 2 aromatic carbocycles. The lowest BCUT2D eigenvalue weighted by Gasteiger charge is -2.10. The molecule has 0 unspecified atom stereocenters. The number of benzene rings is 2. The van der Waals surface area contributed by atoms with Gasteiger partial charge in [0.2, 0.25) is 0 Å². The zero-order valence-corrected chi connectivity index (χ0v) is 15.4. The average Bonchev–Trinajstić information content (AvgIpc) is 2.68. The van der Waals surface area contributed by atoms with Crippen molar-refractivity contribution in [1.29, 1.82) is 0 Å². The molecule has 138 valence electrons. The van der Waals surface area contributed by atoms with Gasteiger partial charge in [-0.1, -0.05) is 44.2 Å². The molecule has 1 heterocycles. The van der Waals surface area contributed by atoms with Crippen LogP contribution in [0.3, 0.4) is 0 Å². The zero-order chi connectivity index (χ0) is 19.2. The van der Waals surface area contributed by atoms with Gasteiger partial charge in [-0.15, -0.1) is 0 Å². The van der Waals surface area contributed by atoms with Crippen molar-refractivity contribution in [3.8, 4) is 0 Å². The molecule has 0 atom stereocenters. The highest BCUT2D eigenvalue weighted by molar-refractivity contribution is 5.92. The predicted molar refractivity (Wildman–Crippen MR) is 106 cm³/mol. The number of hydrogen-bond donors (Lipinski definition) is 2. The molecule has 0 spiro atoms. The lowest BCUT2D eigenvalue weighted by molar-refractivity contribution is 0.0945. The van der Waals surface area contributed by atoms with Crippen LogP contribution in [-0.2, 0) is 6.54 Å². The molecule has 0 aliphatic heterocycles. The minimum Gasteiger partial charge on any atom is -0.354 e. The Morgan fingerprint density at radius 2 is 1.70 bits per heavy atom. The van der Waals surface area contributed by atoms with Crippen LogP contribution in [0.15, 0.2) is 66.9 Å². The molecule has 5 heteroatoms. The van der Waals surface area contributed by atoms with Gasteiger partial charge in [-0.2, -0.15) is 0 Å². The van der Waals surface area contributed by atoms with E-state index in [1.165, 1.54) is 11.6 Å². The number of pyridine rings is 1. The highest BCUT2D eigenvalue weighted by Gasteiger charge is 2.09. The summed E-state index contributed by atoms with van der Waals surface area (Å²) in [6.45, 7) is 4.43. The molecule has 0 fully saturated rings. The monoisotopic (exact) mass is 363 g/mol. The molecule has 2 N–H and O–H groups in total. The van der Waals surface area contributed by atoms with Crippen molar-refractivity contribution in [2.75, 3.05) is 5.32 Å². The van der Waals surface area contributed by atoms with Gasteiger partial charge in [0, 0.05) is 17.8 Å². The van der Waals surface area contributed by atoms with Crippen LogP contribution in [0.25, 0.3) is 0 Å². The van der Waals surface area contributed by atoms with Gasteiger partial charge in [0.05, 0.1) is 11.9 Å². The van der Waals surface area contributed by atoms with Crippen LogP contribution >= 0.6 is 0 Å². The van der Waals surface area contributed by atoms with Gasteiger partial charge in [-0.25, -0.2) is 9.37 Å². The Morgan fingerprint density at radius 1 is 1.00 bits per heavy atom. The molecule has 3 aromatic rings. The summed E-state index contributed by atoms with van der Waals surface area (Å²) in [6, 6.07) is 18.0. The van der Waals surface area contributed by atoms with Crippen LogP contribution in [0.4, 0.5) is 15.8 Å². The summed E-state index contributed by atoms with van der Waals surface area (Å²) in [4.78, 5) is 16.4. The highest BCUT2D eigenvalue weighted by Crippen LogP contribution is 2.20. The third-order valence-electron chi connectivity index (χ3n) is 4.26. The van der Waals surface area contributed by atoms with Crippen molar-refractivity contribution in [2.24, 2.45) is 0 Å². The second kappa shape index (κ2) is 8.45. The van der Waals surface area contributed by atoms with Crippen molar-refractivity contribution in [1.82, 2.24) is 10.3 Å². The van der Waals surface area contributed by atoms with E-state index in [4.69, 9.17) is 0 Å². The summed E-state index contributed by atoms with van der Waals surface area (Å²) >= 11 is 0. The molecule has 1 aromatic heterocycles. The Balaban J connectivity index is 1.59. The highest BCUT2D eigenvalue weighted by atomic mass is 19.1. The van der Waals surface area contributed by atoms with Gasteiger partial charge in [-0.3, -0.25) is 4.79 Å². The number of rotatable bonds is 6. The van der Waals surface area contributed by atoms with E-state index >= 15 is 0 Å². The Kier molecular flexibility index (Phi) is 5.81. The first-order valence-corrected chi connectivity index (χ1v) is 8.87. The predicted octanol–water partition coefficient (Wildman–Crippen LogP) is 5.02. The van der Waals surface area contributed by atoms with Gasteiger partial charge in [0.25, 0.3) is 5.91 Å². The number of nitrogens with zero attached hydrogens (tertiary/aromatic N) is 1. The molecule has 0 aliphatic carbocycles. The fourth-order valence-electron chi connectivity index (χ4n) is 2.63. The summed E-state index contributed by atoms with van der Waals surface area (Å²) in [7, 11) is 0. The smallest absolute Gasteiger partial charge is 0.270 e. The van der Waals surface area contributed by atoms with Gasteiger partial charge in [0.15, 0.2) is 0 Å². The SMILES string of the molecule is CC(C)c1ccc(Nc2ccc(C(=O)NCc3ccccc3F)nc2)cc1. The first-order chi connectivity index (χ1) is 13.0. The van der Waals surface area contributed by atoms with Crippen molar-refractivity contribution < 1.29 is 9.18 Å². The third-order valence-corrected chi connectivity index (χ3v) is 4.26. The topological polar surface area (TPSA) is 54.0 Å². The Hall–Kier alpha value is -3.21. The third kappa shape index (κ3) is 4.91. The first kappa shape index (κ1) is 18.6. The van der Waals surface area contributed by atoms with Crippen LogP contribution in [0, 0.1) is 5.82 Å². The number of aromatic nitrogens is 1. The minimum absolute atomic E-state index is 0.120. The number of anilines is 2. The van der Waals surface area contributed by atoms with Crippen molar-refractivity contribution in [2.45, 2.75) is 26.3 Å². The molecule has 0 aliphatic rings. The lowest BCUT2D eigenvalue weighted by Crippen LogP contribution is -2.24. The molecule has 1 amide bonds. The minimum atomic E-state index is -0.342. The molecular weight excluding hydrogens is 341 g/mol. The normalized spacial score (nSPS) is 10.7. The van der Waals surface area contributed by atoms with E-state index in [1.54, 1.807) is 36.5 Å². The van der Waals surface area contributed by atoms with E-state index in [9.17, 15) is 9.18 Å². The van der Waals surface area contributed by atoms with E-state index in [0.29, 0.717) is 11.5 Å². The van der Waals surface area contributed by atoms with E-state index in [-0.39, 0.29) is 24.0 Å². The van der Waals surface area contributed by atoms with Crippen LogP contribution in [0.5, 0.6) is 0 Å². The Labute approximate surface area is 158 Å². The van der Waals surface area contributed by atoms with E-state index in [0.717, 1.165) is 11.4 Å². The maximum absolute atomic E-state index is 13.6. The summed E-state index contributed by atoms with van der Waals surface area (Å²) in [5.74, 6) is -0.192. The van der Waals surface area contributed by atoms with E-state index in [1.807, 2.05) is 12.1 Å². The summed E-state index contributed by atoms with van der Waals surface area (Å²) in [5, 5.41) is 5.94. The molecular formula is C22H22FN3O. The second-order valence-electron chi connectivity index (χ2n) is 6.61. The molecule has 27 heavy (non-hydrogen) atoms. The second-order valence-corrected chi connectivity index (χ2v) is 6.61. The summed E-state index contributed by atoms with van der Waals surface area (Å²) in [5.41, 5.74) is 3.75. The Bertz CT molecular complexity index is 906. The Morgan fingerprint density at radius 3 is 2.33 bits per heavy atom. The van der Waals surface area contributed by atoms with Gasteiger partial charge in [0.1, 0.15) is 11.5 Å². The van der Waals surface area contributed by atoms with E-state index < -0.39 is 0 Å². The number of amides is 1. The number of carbonyl (C=O) groups is 1. The van der Waals surface area contributed by atoms with Crippen LogP contribution in [-0.4, -0.2) is 10.9 Å². The molecule has 0 bridgehead atoms. The van der Waals surface area contributed by atoms with Crippen LogP contribution in [0.1, 0.15) is 41.4 Å². The van der Waals surface area contributed by atoms with E-state index in [2.05, 4.69) is 41.6 Å². The van der Waals surface area contributed by atoms with Crippen LogP contribution in [0.2, 0.25) is 0 Å². The average molecular weight is 363 g/mol. The van der Waals surface area contributed by atoms with Crippen molar-refractivity contribution >= 4 is 17.3 Å². The van der Waals surface area contributed by atoms with Crippen LogP contribution < -0.4 is 10.6 Å². The fourth-order valence-corrected chi connectivity index (χ4v) is 2.63. The maximum atomic E-state index is 13.6. The zero-order valence-electron chi connectivity index (χ0n) is 15.4. The van der Waals surface area contributed by atoms with Gasteiger partial charge in [-0.05, 0) is 41.8 Å². The lowest BCUT2D eigenvalue weighted by atomic mass is 10.0. The quantitative estimate of drug-likeness (QED) is 0.647. The van der Waals surface area contributed by atoms with Gasteiger partial charge < -0.3 is 10.6 Å². The molecule has 3 rings (SSSR count). The standard InChI is InChI=1S/C22H22FN3O/c1-15(2)16-7-9-18(10-8-16)26-19-11-12-21(24-14-19)22(27)25-13-17-5-3-4-6-20(17)23/h3-12,14-15,26H,13H2,1-2H3,(H,25,27). The molecule has 0 saturated carbocycles. The molecule has 4 nitrogen and oxygen atoms in total.